The van der Waals surface area contributed by atoms with Gasteiger partial charge in [-0.05, 0) is 24.6 Å². The van der Waals surface area contributed by atoms with Gasteiger partial charge in [0, 0.05) is 5.56 Å². The molecule has 3 aromatic rings. The van der Waals surface area contributed by atoms with Crippen molar-refractivity contribution in [3.05, 3.63) is 75.5 Å². The van der Waals surface area contributed by atoms with Gasteiger partial charge in [0.05, 0.1) is 10.0 Å². The van der Waals surface area contributed by atoms with E-state index in [4.69, 9.17) is 32.5 Å². The smallest absolute Gasteiger partial charge is 0.325 e. The van der Waals surface area contributed by atoms with E-state index in [-0.39, 0.29) is 30.2 Å². The lowest BCUT2D eigenvalue weighted by molar-refractivity contribution is -0.143. The molecule has 0 unspecified atom stereocenters. The van der Waals surface area contributed by atoms with E-state index < -0.39 is 11.9 Å². The summed E-state index contributed by atoms with van der Waals surface area (Å²) in [4.78, 5) is 24.5. The lowest BCUT2D eigenvalue weighted by Crippen LogP contribution is -2.31. The van der Waals surface area contributed by atoms with Gasteiger partial charge in [0.1, 0.15) is 30.2 Å². The average Bonchev–Trinajstić information content (AvgIpc) is 3.06. The molecule has 0 bridgehead atoms. The van der Waals surface area contributed by atoms with E-state index in [9.17, 15) is 9.59 Å². The molecule has 1 amide bonds. The monoisotopic (exact) mass is 418 g/mol. The van der Waals surface area contributed by atoms with E-state index in [0.29, 0.717) is 15.6 Å². The van der Waals surface area contributed by atoms with Gasteiger partial charge in [-0.3, -0.25) is 9.59 Å². The van der Waals surface area contributed by atoms with Crippen LogP contribution in [0.3, 0.4) is 0 Å². The number of ether oxygens (including phenoxy) is 1. The first-order valence-corrected chi connectivity index (χ1v) is 9.11. The lowest BCUT2D eigenvalue weighted by atomic mass is 10.1. The number of esters is 1. The molecule has 0 spiro atoms. The Morgan fingerprint density at radius 1 is 1.07 bits per heavy atom. The zero-order chi connectivity index (χ0) is 20.1. The lowest BCUT2D eigenvalue weighted by Gasteiger charge is -2.08. The molecule has 0 saturated heterocycles. The zero-order valence-electron chi connectivity index (χ0n) is 14.9. The van der Waals surface area contributed by atoms with E-state index in [2.05, 4.69) is 10.5 Å². The number of nitrogens with one attached hydrogen (secondary N) is 1. The molecule has 1 aromatic heterocycles. The molecule has 2 aromatic carbocycles. The summed E-state index contributed by atoms with van der Waals surface area (Å²) in [6.07, 6.45) is 0. The van der Waals surface area contributed by atoms with E-state index in [1.165, 1.54) is 0 Å². The van der Waals surface area contributed by atoms with Gasteiger partial charge in [-0.2, -0.15) is 0 Å². The minimum atomic E-state index is -0.566. The summed E-state index contributed by atoms with van der Waals surface area (Å²) in [7, 11) is 0. The van der Waals surface area contributed by atoms with Crippen molar-refractivity contribution >= 4 is 35.1 Å². The predicted molar refractivity (Wildman–Crippen MR) is 105 cm³/mol. The molecule has 144 valence electrons. The standard InChI is InChI=1S/C20H16Cl2N2O4/c1-12-17(19(24-28-12)18-14(21)8-5-9-15(18)22)20(26)23-10-16(25)27-11-13-6-3-2-4-7-13/h2-9H,10-11H2,1H3,(H,23,26). The fourth-order valence-electron chi connectivity index (χ4n) is 2.56. The largest absolute Gasteiger partial charge is 0.460 e. The Morgan fingerprint density at radius 2 is 1.75 bits per heavy atom. The van der Waals surface area contributed by atoms with Gasteiger partial charge < -0.3 is 14.6 Å². The maximum absolute atomic E-state index is 12.6. The molecule has 0 atom stereocenters. The third-order valence-electron chi connectivity index (χ3n) is 3.93. The predicted octanol–water partition coefficient (Wildman–Crippen LogP) is 4.43. The highest BCUT2D eigenvalue weighted by Crippen LogP contribution is 2.36. The summed E-state index contributed by atoms with van der Waals surface area (Å²) in [6, 6.07) is 14.2. The molecule has 28 heavy (non-hydrogen) atoms. The first-order valence-electron chi connectivity index (χ1n) is 8.35. The number of carbonyl (C=O) groups excluding carboxylic acids is 2. The maximum Gasteiger partial charge on any atom is 0.325 e. The quantitative estimate of drug-likeness (QED) is 0.598. The fraction of sp³-hybridized carbons (Fsp3) is 0.150. The molecule has 0 saturated carbocycles. The number of hydrogen-bond acceptors (Lipinski definition) is 5. The summed E-state index contributed by atoms with van der Waals surface area (Å²) in [6.45, 7) is 1.41. The highest BCUT2D eigenvalue weighted by molar-refractivity contribution is 6.39. The van der Waals surface area contributed by atoms with Crippen molar-refractivity contribution in [1.29, 1.82) is 0 Å². The minimum Gasteiger partial charge on any atom is -0.460 e. The van der Waals surface area contributed by atoms with Gasteiger partial charge in [0.25, 0.3) is 5.91 Å². The number of amides is 1. The van der Waals surface area contributed by atoms with Gasteiger partial charge in [0.15, 0.2) is 0 Å². The molecule has 0 aliphatic carbocycles. The Kier molecular flexibility index (Phi) is 6.34. The molecule has 0 aliphatic heterocycles. The molecule has 8 heteroatoms. The van der Waals surface area contributed by atoms with Crippen molar-refractivity contribution in [3.8, 4) is 11.3 Å². The van der Waals surface area contributed by atoms with Crippen LogP contribution in [0.5, 0.6) is 0 Å². The summed E-state index contributed by atoms with van der Waals surface area (Å²) in [5, 5.41) is 7.08. The summed E-state index contributed by atoms with van der Waals surface area (Å²) in [5.41, 5.74) is 1.61. The molecular formula is C20H16Cl2N2O4. The number of carbonyl (C=O) groups is 2. The fourth-order valence-corrected chi connectivity index (χ4v) is 3.14. The number of aryl methyl sites for hydroxylation is 1. The van der Waals surface area contributed by atoms with E-state index in [1.807, 2.05) is 30.3 Å². The van der Waals surface area contributed by atoms with Gasteiger partial charge >= 0.3 is 5.97 Å². The van der Waals surface area contributed by atoms with E-state index >= 15 is 0 Å². The van der Waals surface area contributed by atoms with Crippen LogP contribution in [-0.4, -0.2) is 23.6 Å². The number of nitrogens with zero attached hydrogens (tertiary/aromatic N) is 1. The highest BCUT2D eigenvalue weighted by Gasteiger charge is 2.25. The Balaban J connectivity index is 1.68. The second kappa shape index (κ2) is 8.91. The van der Waals surface area contributed by atoms with Gasteiger partial charge in [-0.1, -0.05) is 64.8 Å². The van der Waals surface area contributed by atoms with Crippen LogP contribution in [0.2, 0.25) is 10.0 Å². The zero-order valence-corrected chi connectivity index (χ0v) is 16.4. The average molecular weight is 419 g/mol. The SMILES string of the molecule is Cc1onc(-c2c(Cl)cccc2Cl)c1C(=O)NCC(=O)OCc1ccccc1. The van der Waals surface area contributed by atoms with Gasteiger partial charge in [-0.15, -0.1) is 0 Å². The van der Waals surface area contributed by atoms with Crippen molar-refractivity contribution in [3.63, 3.8) is 0 Å². The molecule has 0 aliphatic rings. The molecule has 0 radical (unpaired) electrons. The van der Waals surface area contributed by atoms with Crippen molar-refractivity contribution in [2.24, 2.45) is 0 Å². The minimum absolute atomic E-state index is 0.127. The number of benzene rings is 2. The molecule has 1 heterocycles. The van der Waals surface area contributed by atoms with Crippen LogP contribution < -0.4 is 5.32 Å². The Morgan fingerprint density at radius 3 is 2.43 bits per heavy atom. The van der Waals surface area contributed by atoms with Crippen LogP contribution >= 0.6 is 23.2 Å². The topological polar surface area (TPSA) is 81.4 Å². The molecule has 3 rings (SSSR count). The summed E-state index contributed by atoms with van der Waals surface area (Å²) >= 11 is 12.4. The first-order chi connectivity index (χ1) is 13.5. The van der Waals surface area contributed by atoms with Crippen molar-refractivity contribution in [2.75, 3.05) is 6.54 Å². The van der Waals surface area contributed by atoms with Crippen molar-refractivity contribution in [2.45, 2.75) is 13.5 Å². The number of hydrogen-bond donors (Lipinski definition) is 1. The third-order valence-corrected chi connectivity index (χ3v) is 4.56. The Bertz CT molecular complexity index is 982. The Hall–Kier alpha value is -2.83. The van der Waals surface area contributed by atoms with Crippen LogP contribution in [-0.2, 0) is 16.1 Å². The van der Waals surface area contributed by atoms with Crippen LogP contribution in [0.15, 0.2) is 53.1 Å². The highest BCUT2D eigenvalue weighted by atomic mass is 35.5. The summed E-state index contributed by atoms with van der Waals surface area (Å²) in [5.74, 6) is -0.828. The van der Waals surface area contributed by atoms with Crippen LogP contribution in [0.25, 0.3) is 11.3 Å². The normalized spacial score (nSPS) is 10.5. The van der Waals surface area contributed by atoms with E-state index in [1.54, 1.807) is 25.1 Å². The van der Waals surface area contributed by atoms with Gasteiger partial charge in [0.2, 0.25) is 0 Å². The number of aromatic nitrogens is 1. The molecular weight excluding hydrogens is 403 g/mol. The van der Waals surface area contributed by atoms with Crippen LogP contribution in [0.4, 0.5) is 0 Å². The van der Waals surface area contributed by atoms with Gasteiger partial charge in [-0.25, -0.2) is 0 Å². The van der Waals surface area contributed by atoms with Crippen LogP contribution in [0.1, 0.15) is 21.7 Å². The molecule has 0 fully saturated rings. The first kappa shape index (κ1) is 19.9. The molecule has 1 N–H and O–H groups in total. The third kappa shape index (κ3) is 4.52. The number of rotatable bonds is 6. The van der Waals surface area contributed by atoms with E-state index in [0.717, 1.165) is 5.56 Å². The van der Waals surface area contributed by atoms with Crippen molar-refractivity contribution in [1.82, 2.24) is 10.5 Å². The maximum atomic E-state index is 12.6. The van der Waals surface area contributed by atoms with Crippen LogP contribution in [0, 0.1) is 6.92 Å². The number of halogens is 2. The van der Waals surface area contributed by atoms with Crippen molar-refractivity contribution < 1.29 is 18.8 Å². The Labute approximate surface area is 171 Å². The second-order valence-corrected chi connectivity index (χ2v) is 6.70. The summed E-state index contributed by atoms with van der Waals surface area (Å²) < 4.78 is 10.3. The second-order valence-electron chi connectivity index (χ2n) is 5.89. The molecule has 6 nitrogen and oxygen atoms in total.